The van der Waals surface area contributed by atoms with E-state index in [9.17, 15) is 9.90 Å². The van der Waals surface area contributed by atoms with E-state index in [4.69, 9.17) is 32.7 Å². The van der Waals surface area contributed by atoms with Gasteiger partial charge in [0.15, 0.2) is 5.79 Å². The number of hydrogen-bond acceptors (Lipinski definition) is 4. The summed E-state index contributed by atoms with van der Waals surface area (Å²) in [4.78, 5) is 16.2. The molecule has 0 aromatic heterocycles. The zero-order chi connectivity index (χ0) is 25.4. The number of nitrogens with zero attached hydrogens (tertiary/aromatic N) is 1. The molecule has 5 atom stereocenters. The highest BCUT2D eigenvalue weighted by atomic mass is 35.5. The lowest BCUT2D eigenvalue weighted by molar-refractivity contribution is -0.164. The zero-order valence-electron chi connectivity index (χ0n) is 20.8. The quantitative estimate of drug-likeness (QED) is 0.461. The molecular weight excluding hydrogens is 485 g/mol. The Morgan fingerprint density at radius 3 is 2.37 bits per heavy atom. The van der Waals surface area contributed by atoms with Crippen molar-refractivity contribution in [1.29, 1.82) is 0 Å². The second kappa shape index (κ2) is 10.4. The monoisotopic (exact) mass is 519 g/mol. The van der Waals surface area contributed by atoms with Crippen molar-refractivity contribution in [3.8, 4) is 0 Å². The third kappa shape index (κ3) is 5.55. The summed E-state index contributed by atoms with van der Waals surface area (Å²) < 4.78 is 11.9. The molecule has 0 saturated carbocycles. The predicted molar refractivity (Wildman–Crippen MR) is 139 cm³/mol. The predicted octanol–water partition coefficient (Wildman–Crippen LogP) is 6.37. The van der Waals surface area contributed by atoms with Crippen molar-refractivity contribution in [2.75, 3.05) is 13.2 Å². The number of carbonyl (C=O) groups excluding carboxylic acids is 1. The average molecular weight is 520 g/mol. The Kier molecular flexibility index (Phi) is 7.85. The van der Waals surface area contributed by atoms with Gasteiger partial charge >= 0.3 is 0 Å². The van der Waals surface area contributed by atoms with Gasteiger partial charge < -0.3 is 19.5 Å². The van der Waals surface area contributed by atoms with Crippen LogP contribution in [0.4, 0.5) is 0 Å². The number of amides is 1. The lowest BCUT2D eigenvalue weighted by Gasteiger charge is -2.52. The maximum absolute atomic E-state index is 14.3. The Morgan fingerprint density at radius 1 is 1.09 bits per heavy atom. The van der Waals surface area contributed by atoms with Gasteiger partial charge in [-0.15, -0.1) is 0 Å². The fourth-order valence-electron chi connectivity index (χ4n) is 5.75. The molecule has 7 heteroatoms. The number of aliphatic hydroxyl groups is 1. The Hall–Kier alpha value is -1.63. The van der Waals surface area contributed by atoms with Crippen molar-refractivity contribution in [2.45, 2.75) is 76.9 Å². The van der Waals surface area contributed by atoms with Crippen molar-refractivity contribution in [2.24, 2.45) is 5.41 Å². The number of likely N-dealkylation sites (tertiary alicyclic amines) is 1. The molecule has 3 unspecified atom stereocenters. The van der Waals surface area contributed by atoms with E-state index in [0.29, 0.717) is 35.9 Å². The van der Waals surface area contributed by atoms with Gasteiger partial charge in [0.1, 0.15) is 0 Å². The fourth-order valence-corrected chi connectivity index (χ4v) is 6.07. The molecular formula is C28H35Cl2NO4. The number of piperidine rings is 1. The fraction of sp³-hybridized carbons (Fsp3) is 0.536. The first-order valence-corrected chi connectivity index (χ1v) is 13.1. The normalized spacial score (nSPS) is 29.4. The van der Waals surface area contributed by atoms with Crippen molar-refractivity contribution >= 4 is 29.1 Å². The average Bonchev–Trinajstić information content (AvgIpc) is 3.15. The van der Waals surface area contributed by atoms with Gasteiger partial charge in [-0.3, -0.25) is 4.79 Å². The SMILES string of the molecule is CCC(CO)N1C(=O)[C@@](C)(CC2COC(C)(C)O2)C[C@H](c2cccc(Cl)c2)C1c1ccc(Cl)cc1. The number of halogens is 2. The summed E-state index contributed by atoms with van der Waals surface area (Å²) in [5, 5.41) is 11.6. The standard InChI is InChI=1S/C28H35Cl2NO4/c1-5-22(16-32)31-25(18-9-11-20(29)12-10-18)24(19-7-6-8-21(30)13-19)15-28(4,26(31)33)14-23-17-34-27(2,3)35-23/h6-13,22-25,32H,5,14-17H2,1-4H3/t22?,23?,24-,25?,28+/m1/s1. The van der Waals surface area contributed by atoms with E-state index in [1.54, 1.807) is 0 Å². The van der Waals surface area contributed by atoms with Gasteiger partial charge in [-0.2, -0.15) is 0 Å². The number of carbonyl (C=O) groups is 1. The van der Waals surface area contributed by atoms with Crippen LogP contribution in [-0.2, 0) is 14.3 Å². The van der Waals surface area contributed by atoms with Gasteiger partial charge in [-0.25, -0.2) is 0 Å². The summed E-state index contributed by atoms with van der Waals surface area (Å²) >= 11 is 12.6. The summed E-state index contributed by atoms with van der Waals surface area (Å²) in [5.41, 5.74) is 1.36. The maximum atomic E-state index is 14.3. The van der Waals surface area contributed by atoms with E-state index in [-0.39, 0.29) is 36.6 Å². The van der Waals surface area contributed by atoms with Gasteiger partial charge in [-0.1, -0.05) is 61.3 Å². The summed E-state index contributed by atoms with van der Waals surface area (Å²) in [6, 6.07) is 15.0. The first kappa shape index (κ1) is 26.4. The maximum Gasteiger partial charge on any atom is 0.229 e. The van der Waals surface area contributed by atoms with Crippen LogP contribution in [0, 0.1) is 5.41 Å². The van der Waals surface area contributed by atoms with Gasteiger partial charge in [0.2, 0.25) is 5.91 Å². The second-order valence-electron chi connectivity index (χ2n) is 10.5. The van der Waals surface area contributed by atoms with Crippen LogP contribution in [0.3, 0.4) is 0 Å². The molecule has 2 aliphatic heterocycles. The van der Waals surface area contributed by atoms with Crippen LogP contribution in [-0.4, -0.2) is 47.1 Å². The Bertz CT molecular complexity index is 1040. The molecule has 35 heavy (non-hydrogen) atoms. The minimum atomic E-state index is -0.701. The molecule has 190 valence electrons. The zero-order valence-corrected chi connectivity index (χ0v) is 22.4. The van der Waals surface area contributed by atoms with Gasteiger partial charge in [0.25, 0.3) is 0 Å². The summed E-state index contributed by atoms with van der Waals surface area (Å²) in [6.45, 7) is 8.17. The van der Waals surface area contributed by atoms with Crippen molar-refractivity contribution in [1.82, 2.24) is 4.90 Å². The molecule has 0 bridgehead atoms. The van der Waals surface area contributed by atoms with E-state index in [2.05, 4.69) is 6.07 Å². The lowest BCUT2D eigenvalue weighted by Crippen LogP contribution is -2.57. The Balaban J connectivity index is 1.82. The first-order valence-electron chi connectivity index (χ1n) is 12.3. The third-order valence-electron chi connectivity index (χ3n) is 7.41. The third-order valence-corrected chi connectivity index (χ3v) is 7.90. The molecule has 1 N–H and O–H groups in total. The highest BCUT2D eigenvalue weighted by Crippen LogP contribution is 2.53. The van der Waals surface area contributed by atoms with Crippen molar-refractivity contribution in [3.05, 3.63) is 69.7 Å². The van der Waals surface area contributed by atoms with E-state index in [0.717, 1.165) is 11.1 Å². The first-order chi connectivity index (χ1) is 16.6. The summed E-state index contributed by atoms with van der Waals surface area (Å²) in [6.07, 6.45) is 1.62. The van der Waals surface area contributed by atoms with E-state index < -0.39 is 11.2 Å². The van der Waals surface area contributed by atoms with Gasteiger partial charge in [0, 0.05) is 21.4 Å². The lowest BCUT2D eigenvalue weighted by atomic mass is 9.66. The van der Waals surface area contributed by atoms with Crippen LogP contribution < -0.4 is 0 Å². The van der Waals surface area contributed by atoms with Crippen LogP contribution in [0.1, 0.15) is 70.0 Å². The van der Waals surface area contributed by atoms with Crippen LogP contribution in [0.2, 0.25) is 10.0 Å². The second-order valence-corrected chi connectivity index (χ2v) is 11.4. The molecule has 0 radical (unpaired) electrons. The van der Waals surface area contributed by atoms with Crippen molar-refractivity contribution in [3.63, 3.8) is 0 Å². The largest absolute Gasteiger partial charge is 0.394 e. The molecule has 5 nitrogen and oxygen atoms in total. The number of aliphatic hydroxyl groups excluding tert-OH is 1. The van der Waals surface area contributed by atoms with E-state index >= 15 is 0 Å². The van der Waals surface area contributed by atoms with E-state index in [1.807, 2.05) is 75.1 Å². The van der Waals surface area contributed by atoms with Crippen LogP contribution in [0.15, 0.2) is 48.5 Å². The van der Waals surface area contributed by atoms with Gasteiger partial charge in [-0.05, 0) is 68.5 Å². The molecule has 4 rings (SSSR count). The van der Waals surface area contributed by atoms with Crippen LogP contribution >= 0.6 is 23.2 Å². The molecule has 1 amide bonds. The Labute approximate surface area is 218 Å². The molecule has 2 fully saturated rings. The van der Waals surface area contributed by atoms with E-state index in [1.165, 1.54) is 0 Å². The number of hydrogen-bond donors (Lipinski definition) is 1. The Morgan fingerprint density at radius 2 is 1.80 bits per heavy atom. The minimum absolute atomic E-state index is 0.0323. The molecule has 2 saturated heterocycles. The number of benzene rings is 2. The molecule has 2 aromatic rings. The van der Waals surface area contributed by atoms with Crippen LogP contribution in [0.5, 0.6) is 0 Å². The summed E-state index contributed by atoms with van der Waals surface area (Å²) in [7, 11) is 0. The summed E-state index contributed by atoms with van der Waals surface area (Å²) in [5.74, 6) is -0.660. The van der Waals surface area contributed by atoms with Crippen molar-refractivity contribution < 1.29 is 19.4 Å². The molecule has 2 aliphatic rings. The highest BCUT2D eigenvalue weighted by molar-refractivity contribution is 6.30. The molecule has 2 heterocycles. The topological polar surface area (TPSA) is 59.0 Å². The highest BCUT2D eigenvalue weighted by Gasteiger charge is 2.53. The molecule has 0 aliphatic carbocycles. The number of ether oxygens (including phenoxy) is 2. The smallest absolute Gasteiger partial charge is 0.229 e. The molecule has 0 spiro atoms. The van der Waals surface area contributed by atoms with Gasteiger partial charge in [0.05, 0.1) is 31.4 Å². The number of rotatable bonds is 7. The minimum Gasteiger partial charge on any atom is -0.394 e. The van der Waals surface area contributed by atoms with Crippen LogP contribution in [0.25, 0.3) is 0 Å². The molecule has 2 aromatic carbocycles.